The lowest BCUT2D eigenvalue weighted by atomic mass is 10.1. The van der Waals surface area contributed by atoms with Crippen molar-refractivity contribution in [2.45, 2.75) is 0 Å². The first-order chi connectivity index (χ1) is 7.45. The van der Waals surface area contributed by atoms with Gasteiger partial charge < -0.3 is 4.42 Å². The Bertz CT molecular complexity index is 584. The number of para-hydroxylation sites is 1. The Morgan fingerprint density at radius 1 is 1.20 bits per heavy atom. The average Bonchev–Trinajstić information content (AvgIpc) is 2.74. The zero-order chi connectivity index (χ0) is 10.1. The van der Waals surface area contributed by atoms with Gasteiger partial charge in [0.05, 0.1) is 6.26 Å². The van der Waals surface area contributed by atoms with Gasteiger partial charge >= 0.3 is 0 Å². The first-order valence-electron chi connectivity index (χ1n) is 4.73. The second-order valence-electron chi connectivity index (χ2n) is 3.30. The molecule has 2 aromatic heterocycles. The third-order valence-corrected chi connectivity index (χ3v) is 2.38. The Morgan fingerprint density at radius 2 is 2.20 bits per heavy atom. The molecule has 2 heterocycles. The number of nitrogens with zero attached hydrogens (tertiary/aromatic N) is 1. The molecule has 2 heteroatoms. The molecule has 1 radical (unpaired) electrons. The van der Waals surface area contributed by atoms with Crippen molar-refractivity contribution in [2.75, 3.05) is 0 Å². The molecule has 0 unspecified atom stereocenters. The van der Waals surface area contributed by atoms with E-state index in [0.29, 0.717) is 0 Å². The fraction of sp³-hybridized carbons (Fsp3) is 0. The van der Waals surface area contributed by atoms with Crippen LogP contribution in [0, 0.1) is 6.07 Å². The number of fused-ring (bicyclic) bond motifs is 1. The lowest BCUT2D eigenvalue weighted by molar-refractivity contribution is 0.616. The number of hydrogen-bond donors (Lipinski definition) is 0. The third-order valence-electron chi connectivity index (χ3n) is 2.38. The lowest BCUT2D eigenvalue weighted by Crippen LogP contribution is -1.76. The van der Waals surface area contributed by atoms with Gasteiger partial charge in [0, 0.05) is 35.0 Å². The molecule has 0 aliphatic carbocycles. The van der Waals surface area contributed by atoms with Crippen molar-refractivity contribution in [3.63, 3.8) is 0 Å². The number of benzene rings is 1. The standard InChI is InChI=1S/C13H8NO/c1-2-6-13-11(5-1)12(9-15-13)10-4-3-7-14-8-10/h1-5,7-9H. The summed E-state index contributed by atoms with van der Waals surface area (Å²) in [6.45, 7) is 0. The van der Waals surface area contributed by atoms with E-state index in [4.69, 9.17) is 4.42 Å². The van der Waals surface area contributed by atoms with Gasteiger partial charge in [-0.25, -0.2) is 0 Å². The first kappa shape index (κ1) is 8.24. The molecule has 2 nitrogen and oxygen atoms in total. The largest absolute Gasteiger partial charge is 0.463 e. The van der Waals surface area contributed by atoms with Gasteiger partial charge in [0.15, 0.2) is 0 Å². The molecule has 0 atom stereocenters. The molecule has 3 aromatic rings. The summed E-state index contributed by atoms with van der Waals surface area (Å²) in [5, 5.41) is 1.07. The van der Waals surface area contributed by atoms with Crippen LogP contribution in [0.1, 0.15) is 0 Å². The van der Waals surface area contributed by atoms with E-state index in [1.54, 1.807) is 12.5 Å². The first-order valence-corrected chi connectivity index (χ1v) is 4.73. The van der Waals surface area contributed by atoms with E-state index in [9.17, 15) is 0 Å². The topological polar surface area (TPSA) is 26.0 Å². The molecule has 0 bridgehead atoms. The molecule has 0 aliphatic rings. The van der Waals surface area contributed by atoms with Crippen LogP contribution < -0.4 is 0 Å². The van der Waals surface area contributed by atoms with E-state index >= 15 is 0 Å². The lowest BCUT2D eigenvalue weighted by Gasteiger charge is -1.95. The number of pyridine rings is 1. The molecule has 1 aromatic carbocycles. The van der Waals surface area contributed by atoms with Crippen LogP contribution in [-0.4, -0.2) is 4.98 Å². The van der Waals surface area contributed by atoms with Crippen LogP contribution in [0.3, 0.4) is 0 Å². The van der Waals surface area contributed by atoms with Crippen molar-refractivity contribution in [1.82, 2.24) is 4.98 Å². The van der Waals surface area contributed by atoms with Gasteiger partial charge in [0.2, 0.25) is 0 Å². The van der Waals surface area contributed by atoms with E-state index in [2.05, 4.69) is 11.1 Å². The Labute approximate surface area is 87.2 Å². The Hall–Kier alpha value is -2.09. The van der Waals surface area contributed by atoms with Crippen molar-refractivity contribution in [1.29, 1.82) is 0 Å². The third kappa shape index (κ3) is 1.31. The molecule has 71 valence electrons. The molecule has 0 aliphatic heterocycles. The summed E-state index contributed by atoms with van der Waals surface area (Å²) in [6.07, 6.45) is 5.34. The summed E-state index contributed by atoms with van der Waals surface area (Å²) in [4.78, 5) is 4.10. The molecule has 0 saturated carbocycles. The van der Waals surface area contributed by atoms with E-state index in [-0.39, 0.29) is 0 Å². The fourth-order valence-electron chi connectivity index (χ4n) is 1.66. The zero-order valence-electron chi connectivity index (χ0n) is 7.97. The minimum Gasteiger partial charge on any atom is -0.463 e. The van der Waals surface area contributed by atoms with E-state index in [0.717, 1.165) is 22.1 Å². The number of aromatic nitrogens is 1. The van der Waals surface area contributed by atoms with Crippen molar-refractivity contribution in [3.8, 4) is 11.1 Å². The van der Waals surface area contributed by atoms with Crippen LogP contribution >= 0.6 is 0 Å². The van der Waals surface area contributed by atoms with E-state index in [1.165, 1.54) is 0 Å². The maximum absolute atomic E-state index is 5.42. The van der Waals surface area contributed by atoms with Crippen molar-refractivity contribution < 1.29 is 4.42 Å². The Balaban J connectivity index is 2.28. The fourth-order valence-corrected chi connectivity index (χ4v) is 1.66. The molecule has 0 fully saturated rings. The quantitative estimate of drug-likeness (QED) is 0.594. The van der Waals surface area contributed by atoms with Crippen molar-refractivity contribution in [2.24, 2.45) is 0 Å². The normalized spacial score (nSPS) is 10.7. The van der Waals surface area contributed by atoms with Gasteiger partial charge in [0.25, 0.3) is 0 Å². The summed E-state index contributed by atoms with van der Waals surface area (Å²) in [5.41, 5.74) is 2.92. The predicted molar refractivity (Wildman–Crippen MR) is 58.3 cm³/mol. The zero-order valence-corrected chi connectivity index (χ0v) is 7.97. The van der Waals surface area contributed by atoms with Crippen LogP contribution in [-0.2, 0) is 0 Å². The molecule has 0 amide bonds. The van der Waals surface area contributed by atoms with Gasteiger partial charge in [-0.2, -0.15) is 0 Å². The van der Waals surface area contributed by atoms with Crippen molar-refractivity contribution >= 4 is 11.0 Å². The summed E-state index contributed by atoms with van der Waals surface area (Å²) in [7, 11) is 0. The van der Waals surface area contributed by atoms with Crippen molar-refractivity contribution in [3.05, 3.63) is 55.1 Å². The van der Waals surface area contributed by atoms with Gasteiger partial charge in [-0.15, -0.1) is 0 Å². The minimum absolute atomic E-state index is 0.788. The molecular formula is C13H8NO. The van der Waals surface area contributed by atoms with Crippen LogP contribution in [0.25, 0.3) is 22.1 Å². The molecule has 15 heavy (non-hydrogen) atoms. The monoisotopic (exact) mass is 194 g/mol. The molecule has 3 rings (SSSR count). The van der Waals surface area contributed by atoms with E-state index in [1.807, 2.05) is 36.5 Å². The molecule has 0 N–H and O–H groups in total. The highest BCUT2D eigenvalue weighted by molar-refractivity contribution is 5.93. The predicted octanol–water partition coefficient (Wildman–Crippen LogP) is 3.29. The minimum atomic E-state index is 0.788. The summed E-state index contributed by atoms with van der Waals surface area (Å²) in [6, 6.07) is 12.8. The van der Waals surface area contributed by atoms with Gasteiger partial charge in [0.1, 0.15) is 5.58 Å². The summed E-state index contributed by atoms with van der Waals surface area (Å²) >= 11 is 0. The smallest absolute Gasteiger partial charge is 0.142 e. The highest BCUT2D eigenvalue weighted by Crippen LogP contribution is 2.29. The Kier molecular flexibility index (Phi) is 1.78. The summed E-state index contributed by atoms with van der Waals surface area (Å²) in [5.74, 6) is 0. The summed E-state index contributed by atoms with van der Waals surface area (Å²) < 4.78 is 5.42. The van der Waals surface area contributed by atoms with Gasteiger partial charge in [-0.05, 0) is 6.07 Å². The number of hydrogen-bond acceptors (Lipinski definition) is 2. The second kappa shape index (κ2) is 3.24. The van der Waals surface area contributed by atoms with Gasteiger partial charge in [-0.3, -0.25) is 4.98 Å². The van der Waals surface area contributed by atoms with Crippen LogP contribution in [0.15, 0.2) is 53.4 Å². The van der Waals surface area contributed by atoms with E-state index < -0.39 is 0 Å². The number of furan rings is 1. The SMILES string of the molecule is [c]1cccc2c(-c3cccnc3)coc12. The average molecular weight is 194 g/mol. The Morgan fingerprint density at radius 3 is 3.07 bits per heavy atom. The molecular weight excluding hydrogens is 186 g/mol. The molecule has 0 spiro atoms. The van der Waals surface area contributed by atoms with Crippen LogP contribution in [0.4, 0.5) is 0 Å². The van der Waals surface area contributed by atoms with Crippen LogP contribution in [0.2, 0.25) is 0 Å². The maximum Gasteiger partial charge on any atom is 0.142 e. The maximum atomic E-state index is 5.42. The van der Waals surface area contributed by atoms with Crippen LogP contribution in [0.5, 0.6) is 0 Å². The number of rotatable bonds is 1. The highest BCUT2D eigenvalue weighted by Gasteiger charge is 2.06. The van der Waals surface area contributed by atoms with Gasteiger partial charge in [-0.1, -0.05) is 24.3 Å². The highest BCUT2D eigenvalue weighted by atomic mass is 16.3. The molecule has 0 saturated heterocycles. The second-order valence-corrected chi connectivity index (χ2v) is 3.30.